The number of piperidine rings is 2. The summed E-state index contributed by atoms with van der Waals surface area (Å²) in [6.45, 7) is 9.28. The molecule has 2 saturated heterocycles. The first-order chi connectivity index (χ1) is 22.8. The highest BCUT2D eigenvalue weighted by Crippen LogP contribution is 2.26. The van der Waals surface area contributed by atoms with Crippen molar-refractivity contribution in [2.45, 2.75) is 77.7 Å². The monoisotopic (exact) mass is 645 g/mol. The van der Waals surface area contributed by atoms with Crippen LogP contribution in [0.4, 0.5) is 11.6 Å². The van der Waals surface area contributed by atoms with Gasteiger partial charge in [0.15, 0.2) is 12.2 Å². The summed E-state index contributed by atoms with van der Waals surface area (Å²) in [6.07, 6.45) is 6.67. The molecule has 3 aliphatic rings. The second-order valence-corrected chi connectivity index (χ2v) is 13.0. The van der Waals surface area contributed by atoms with Crippen molar-refractivity contribution in [3.63, 3.8) is 0 Å². The molecule has 5 heterocycles. The van der Waals surface area contributed by atoms with E-state index in [1.807, 2.05) is 24.0 Å². The van der Waals surface area contributed by atoms with Crippen LogP contribution < -0.4 is 20.3 Å². The molecule has 1 atom stereocenters. The van der Waals surface area contributed by atoms with Gasteiger partial charge in [-0.25, -0.2) is 9.97 Å². The minimum atomic E-state index is -0.708. The number of amides is 2. The number of aliphatic hydroxyl groups excluding tert-OH is 1. The molecule has 3 N–H and O–H groups in total. The van der Waals surface area contributed by atoms with Crippen LogP contribution in [-0.2, 0) is 24.4 Å². The van der Waals surface area contributed by atoms with Gasteiger partial charge in [-0.05, 0) is 80.8 Å². The average Bonchev–Trinajstić information content (AvgIpc) is 3.50. The maximum Gasteiger partial charge on any atom is 0.251 e. The number of aromatic nitrogens is 2. The number of aliphatic hydroxyl groups is 1. The van der Waals surface area contributed by atoms with E-state index in [1.54, 1.807) is 13.0 Å². The largest absolute Gasteiger partial charge is 0.486 e. The number of β-amino-alcohol motifs (C(OH)–C–C–N with tert-alkyl or cyclic N) is 1. The van der Waals surface area contributed by atoms with Crippen molar-refractivity contribution in [2.24, 2.45) is 0 Å². The maximum atomic E-state index is 13.4. The molecule has 0 radical (unpaired) electrons. The van der Waals surface area contributed by atoms with Gasteiger partial charge in [0.1, 0.15) is 24.0 Å². The number of fused-ring (bicyclic) bond motifs is 1. The van der Waals surface area contributed by atoms with Crippen molar-refractivity contribution < 1.29 is 23.8 Å². The standard InChI is InChI=1S/C35H47N7O5/c1-24-32(47-23-37-24)22-46-31-7-6-27-20-40(13-8-26(27)16-31)21-30(44)19-36-35(45)28-17-33(38-29-9-14-41(15-10-29)25(2)43)39-34(18-28)42-11-4-3-5-12-42/h6-7,16-18,23,29-30,44H,3-5,8-15,19-22H2,1-2H3,(H,36,45)(H,38,39)/t30-/m0/s1. The molecule has 252 valence electrons. The van der Waals surface area contributed by atoms with E-state index >= 15 is 0 Å². The van der Waals surface area contributed by atoms with Crippen LogP contribution in [0.1, 0.15) is 72.0 Å². The number of anilines is 2. The molecular formula is C35H47N7O5. The molecule has 1 aromatic carbocycles. The number of benzene rings is 1. The van der Waals surface area contributed by atoms with Crippen molar-refractivity contribution in [2.75, 3.05) is 56.0 Å². The zero-order valence-electron chi connectivity index (χ0n) is 27.5. The van der Waals surface area contributed by atoms with E-state index in [0.29, 0.717) is 37.6 Å². The van der Waals surface area contributed by atoms with Crippen LogP contribution in [0.15, 0.2) is 41.1 Å². The lowest BCUT2D eigenvalue weighted by Crippen LogP contribution is -2.42. The quantitative estimate of drug-likeness (QED) is 0.284. The van der Waals surface area contributed by atoms with Crippen LogP contribution in [0.5, 0.6) is 5.75 Å². The van der Waals surface area contributed by atoms with Crippen LogP contribution in [0.3, 0.4) is 0 Å². The molecule has 3 aromatic rings. The third-order valence-corrected chi connectivity index (χ3v) is 9.50. The third kappa shape index (κ3) is 8.61. The Balaban J connectivity index is 1.02. The van der Waals surface area contributed by atoms with Gasteiger partial charge in [0.05, 0.1) is 11.8 Å². The van der Waals surface area contributed by atoms with E-state index in [2.05, 4.69) is 37.6 Å². The number of nitrogens with zero attached hydrogens (tertiary/aromatic N) is 5. The Morgan fingerprint density at radius 3 is 2.62 bits per heavy atom. The van der Waals surface area contributed by atoms with Gasteiger partial charge in [0.2, 0.25) is 5.91 Å². The topological polar surface area (TPSA) is 136 Å². The number of ether oxygens (including phenoxy) is 1. The molecule has 2 fully saturated rings. The highest BCUT2D eigenvalue weighted by atomic mass is 16.5. The zero-order chi connectivity index (χ0) is 32.8. The normalized spacial score (nSPS) is 18.0. The molecule has 0 spiro atoms. The van der Waals surface area contributed by atoms with Gasteiger partial charge < -0.3 is 34.7 Å². The van der Waals surface area contributed by atoms with E-state index in [0.717, 1.165) is 81.3 Å². The highest BCUT2D eigenvalue weighted by molar-refractivity contribution is 5.95. The van der Waals surface area contributed by atoms with Crippen LogP contribution in [-0.4, -0.2) is 94.6 Å². The van der Waals surface area contributed by atoms with Crippen LogP contribution >= 0.6 is 0 Å². The summed E-state index contributed by atoms with van der Waals surface area (Å²) < 4.78 is 11.3. The summed E-state index contributed by atoms with van der Waals surface area (Å²) in [4.78, 5) is 40.5. The lowest BCUT2D eigenvalue weighted by atomic mass is 9.99. The molecule has 0 bridgehead atoms. The minimum absolute atomic E-state index is 0.106. The number of hydrogen-bond donors (Lipinski definition) is 3. The zero-order valence-corrected chi connectivity index (χ0v) is 27.5. The number of pyridine rings is 1. The fraction of sp³-hybridized carbons (Fsp3) is 0.543. The molecule has 0 saturated carbocycles. The predicted octanol–water partition coefficient (Wildman–Crippen LogP) is 3.52. The Morgan fingerprint density at radius 2 is 1.87 bits per heavy atom. The van der Waals surface area contributed by atoms with Crippen LogP contribution in [0.2, 0.25) is 0 Å². The Hall–Kier alpha value is -4.16. The van der Waals surface area contributed by atoms with Gasteiger partial charge in [-0.3, -0.25) is 14.5 Å². The predicted molar refractivity (Wildman–Crippen MR) is 179 cm³/mol. The van der Waals surface area contributed by atoms with Gasteiger partial charge in [-0.15, -0.1) is 0 Å². The molecule has 2 amide bonds. The third-order valence-electron chi connectivity index (χ3n) is 9.50. The van der Waals surface area contributed by atoms with Crippen molar-refractivity contribution >= 4 is 23.5 Å². The summed E-state index contributed by atoms with van der Waals surface area (Å²) in [6, 6.07) is 9.99. The molecule has 12 nitrogen and oxygen atoms in total. The first-order valence-electron chi connectivity index (χ1n) is 16.9. The van der Waals surface area contributed by atoms with Gasteiger partial charge >= 0.3 is 0 Å². The number of likely N-dealkylation sites (tertiary alicyclic amines) is 1. The smallest absolute Gasteiger partial charge is 0.251 e. The second kappa shape index (κ2) is 15.2. The summed E-state index contributed by atoms with van der Waals surface area (Å²) in [7, 11) is 0. The first-order valence-corrected chi connectivity index (χ1v) is 16.9. The summed E-state index contributed by atoms with van der Waals surface area (Å²) >= 11 is 0. The van der Waals surface area contributed by atoms with Gasteiger partial charge in [0, 0.05) is 70.9 Å². The van der Waals surface area contributed by atoms with E-state index < -0.39 is 6.10 Å². The molecule has 6 rings (SSSR count). The fourth-order valence-electron chi connectivity index (χ4n) is 6.68. The van der Waals surface area contributed by atoms with E-state index in [9.17, 15) is 14.7 Å². The minimum Gasteiger partial charge on any atom is -0.486 e. The van der Waals surface area contributed by atoms with Gasteiger partial charge in [-0.1, -0.05) is 6.07 Å². The second-order valence-electron chi connectivity index (χ2n) is 13.0. The highest BCUT2D eigenvalue weighted by Gasteiger charge is 2.24. The summed E-state index contributed by atoms with van der Waals surface area (Å²) in [5.74, 6) is 2.88. The Bertz CT molecular complexity index is 1530. The lowest BCUT2D eigenvalue weighted by molar-refractivity contribution is -0.129. The molecule has 0 aliphatic carbocycles. The SMILES string of the molecule is CC(=O)N1CCC(Nc2cc(C(=O)NC[C@H](O)CN3CCc4cc(OCc5ocnc5C)ccc4C3)cc(N3CCCCC3)n2)CC1. The van der Waals surface area contributed by atoms with E-state index in [1.165, 1.54) is 23.9 Å². The molecule has 0 unspecified atom stereocenters. The molecule has 2 aromatic heterocycles. The van der Waals surface area contributed by atoms with Crippen molar-refractivity contribution in [3.8, 4) is 5.75 Å². The average molecular weight is 646 g/mol. The Labute approximate surface area is 276 Å². The number of carbonyl (C=O) groups is 2. The van der Waals surface area contributed by atoms with Crippen LogP contribution in [0.25, 0.3) is 0 Å². The number of hydrogen-bond acceptors (Lipinski definition) is 10. The number of rotatable bonds is 11. The number of nitrogens with one attached hydrogen (secondary N) is 2. The summed E-state index contributed by atoms with van der Waals surface area (Å²) in [5, 5.41) is 17.4. The van der Waals surface area contributed by atoms with Crippen molar-refractivity contribution in [1.82, 2.24) is 25.1 Å². The van der Waals surface area contributed by atoms with E-state index in [-0.39, 0.29) is 24.4 Å². The van der Waals surface area contributed by atoms with Gasteiger partial charge in [-0.2, -0.15) is 0 Å². The Kier molecular flexibility index (Phi) is 10.6. The lowest BCUT2D eigenvalue weighted by Gasteiger charge is -2.32. The van der Waals surface area contributed by atoms with E-state index in [4.69, 9.17) is 14.1 Å². The number of carbonyl (C=O) groups excluding carboxylic acids is 2. The molecule has 12 heteroatoms. The number of aryl methyl sites for hydroxylation is 1. The number of oxazole rings is 1. The summed E-state index contributed by atoms with van der Waals surface area (Å²) in [5.41, 5.74) is 3.81. The molecule has 3 aliphatic heterocycles. The molecule has 47 heavy (non-hydrogen) atoms. The first kappa shape index (κ1) is 32.8. The maximum absolute atomic E-state index is 13.4. The molecular weight excluding hydrogens is 598 g/mol. The Morgan fingerprint density at radius 1 is 1.06 bits per heavy atom. The fourth-order valence-corrected chi connectivity index (χ4v) is 6.68. The van der Waals surface area contributed by atoms with Gasteiger partial charge in [0.25, 0.3) is 5.91 Å². The van der Waals surface area contributed by atoms with Crippen molar-refractivity contribution in [3.05, 3.63) is 64.9 Å². The van der Waals surface area contributed by atoms with Crippen LogP contribution in [0, 0.1) is 6.92 Å². The van der Waals surface area contributed by atoms with Crippen molar-refractivity contribution in [1.29, 1.82) is 0 Å².